The van der Waals surface area contributed by atoms with Gasteiger partial charge in [0.05, 0.1) is 6.61 Å². The predicted molar refractivity (Wildman–Crippen MR) is 179 cm³/mol. The third-order valence-corrected chi connectivity index (χ3v) is 8.09. The number of esters is 2. The number of ether oxygens (including phenoxy) is 2. The first-order valence-electron chi connectivity index (χ1n) is 17.2. The number of carbonyl (C=O) groups excluding carboxylic acids is 2. The molecule has 2 unspecified atom stereocenters. The van der Waals surface area contributed by atoms with E-state index >= 15 is 0 Å². The number of unbranched alkanes of at least 4 members (excludes halogenated alkanes) is 14. The minimum Gasteiger partial charge on any atom is -0.462 e. The van der Waals surface area contributed by atoms with Gasteiger partial charge in [0, 0.05) is 20.0 Å². The van der Waals surface area contributed by atoms with E-state index in [1.54, 1.807) is 0 Å². The zero-order valence-corrected chi connectivity index (χ0v) is 29.0. The zero-order valence-electron chi connectivity index (χ0n) is 28.1. The van der Waals surface area contributed by atoms with Gasteiger partial charge < -0.3 is 14.4 Å². The first kappa shape index (κ1) is 42.3. The second-order valence-corrected chi connectivity index (χ2v) is 12.8. The van der Waals surface area contributed by atoms with Crippen LogP contribution in [-0.2, 0) is 32.7 Å². The smallest absolute Gasteiger partial charge is 0.462 e. The normalized spacial score (nSPS) is 14.0. The fourth-order valence-electron chi connectivity index (χ4n) is 4.49. The average Bonchev–Trinajstić information content (AvgIpc) is 3.01. The summed E-state index contributed by atoms with van der Waals surface area (Å²) in [6.07, 6.45) is 33.4. The standard InChI is InChI=1S/C35H63O8P/c1-4-6-8-10-12-14-16-17-18-19-20-22-24-26-28-30-35(37)43-33(32-42-44(38,39)40-3)31-41-34(36)29-27-25-23-21-15-13-11-9-7-5-2/h6,8,12,14,17-18,33H,4-5,7,9-11,13,15-16,19-32H2,1-3H3,(H,38,39)/b8-6-,14-12-,18-17-. The maximum Gasteiger partial charge on any atom is 0.472 e. The van der Waals surface area contributed by atoms with Gasteiger partial charge >= 0.3 is 19.8 Å². The van der Waals surface area contributed by atoms with Crippen molar-refractivity contribution in [1.82, 2.24) is 0 Å². The Labute approximate surface area is 268 Å². The molecule has 0 aromatic carbocycles. The third kappa shape index (κ3) is 30.3. The van der Waals surface area contributed by atoms with Crippen LogP contribution in [0.2, 0.25) is 0 Å². The monoisotopic (exact) mass is 642 g/mol. The van der Waals surface area contributed by atoms with E-state index in [2.05, 4.69) is 54.8 Å². The first-order valence-corrected chi connectivity index (χ1v) is 18.7. The Hall–Kier alpha value is -1.73. The Balaban J connectivity index is 4.14. The second kappa shape index (κ2) is 31.3. The molecule has 9 heteroatoms. The van der Waals surface area contributed by atoms with Crippen LogP contribution in [0, 0.1) is 0 Å². The summed E-state index contributed by atoms with van der Waals surface area (Å²) < 4.78 is 31.7. The number of hydrogen-bond donors (Lipinski definition) is 1. The molecule has 0 rings (SSSR count). The molecular formula is C35H63O8P. The van der Waals surface area contributed by atoms with E-state index < -0.39 is 26.5 Å². The van der Waals surface area contributed by atoms with E-state index in [-0.39, 0.29) is 19.0 Å². The van der Waals surface area contributed by atoms with Gasteiger partial charge in [-0.15, -0.1) is 0 Å². The van der Waals surface area contributed by atoms with Crippen LogP contribution in [0.3, 0.4) is 0 Å². The highest BCUT2D eigenvalue weighted by Crippen LogP contribution is 2.42. The summed E-state index contributed by atoms with van der Waals surface area (Å²) in [4.78, 5) is 34.2. The number of phosphoric acid groups is 1. The molecule has 0 aliphatic rings. The zero-order chi connectivity index (χ0) is 32.6. The molecule has 8 nitrogen and oxygen atoms in total. The molecule has 0 bridgehead atoms. The molecule has 1 N–H and O–H groups in total. The molecule has 256 valence electrons. The highest BCUT2D eigenvalue weighted by atomic mass is 31.2. The lowest BCUT2D eigenvalue weighted by Crippen LogP contribution is -2.29. The van der Waals surface area contributed by atoms with Crippen LogP contribution in [-0.4, -0.2) is 43.3 Å². The lowest BCUT2D eigenvalue weighted by Gasteiger charge is -2.19. The fourth-order valence-corrected chi connectivity index (χ4v) is 4.95. The summed E-state index contributed by atoms with van der Waals surface area (Å²) in [5.41, 5.74) is 0. The van der Waals surface area contributed by atoms with Crippen LogP contribution in [0.4, 0.5) is 0 Å². The van der Waals surface area contributed by atoms with Crippen molar-refractivity contribution in [3.8, 4) is 0 Å². The van der Waals surface area contributed by atoms with Crippen molar-refractivity contribution in [2.24, 2.45) is 0 Å². The van der Waals surface area contributed by atoms with Crippen LogP contribution in [0.5, 0.6) is 0 Å². The lowest BCUT2D eigenvalue weighted by molar-refractivity contribution is -0.161. The molecule has 0 spiro atoms. The largest absolute Gasteiger partial charge is 0.472 e. The summed E-state index contributed by atoms with van der Waals surface area (Å²) >= 11 is 0. The number of phosphoric ester groups is 1. The second-order valence-electron chi connectivity index (χ2n) is 11.3. The van der Waals surface area contributed by atoms with Gasteiger partial charge in [0.1, 0.15) is 6.61 Å². The van der Waals surface area contributed by atoms with E-state index in [1.165, 1.54) is 44.9 Å². The Bertz CT molecular complexity index is 824. The molecule has 0 fully saturated rings. The van der Waals surface area contributed by atoms with Crippen LogP contribution in [0.15, 0.2) is 36.5 Å². The van der Waals surface area contributed by atoms with Gasteiger partial charge in [-0.3, -0.25) is 18.6 Å². The molecule has 0 aromatic rings. The van der Waals surface area contributed by atoms with Crippen LogP contribution in [0.1, 0.15) is 149 Å². The van der Waals surface area contributed by atoms with Crippen molar-refractivity contribution in [1.29, 1.82) is 0 Å². The van der Waals surface area contributed by atoms with Crippen molar-refractivity contribution in [2.75, 3.05) is 20.3 Å². The molecule has 0 saturated heterocycles. The first-order chi connectivity index (χ1) is 21.3. The van der Waals surface area contributed by atoms with Crippen molar-refractivity contribution in [3.63, 3.8) is 0 Å². The van der Waals surface area contributed by atoms with E-state index in [9.17, 15) is 19.0 Å². The van der Waals surface area contributed by atoms with E-state index in [0.717, 1.165) is 77.7 Å². The fraction of sp³-hybridized carbons (Fsp3) is 0.771. The molecule has 0 saturated carbocycles. The van der Waals surface area contributed by atoms with Gasteiger partial charge in [-0.1, -0.05) is 127 Å². The molecule has 0 aromatic heterocycles. The average molecular weight is 643 g/mol. The van der Waals surface area contributed by atoms with E-state index in [0.29, 0.717) is 12.8 Å². The highest BCUT2D eigenvalue weighted by Gasteiger charge is 2.24. The van der Waals surface area contributed by atoms with Gasteiger partial charge in [-0.25, -0.2) is 4.57 Å². The predicted octanol–water partition coefficient (Wildman–Crippen LogP) is 10.1. The lowest BCUT2D eigenvalue weighted by atomic mass is 10.1. The summed E-state index contributed by atoms with van der Waals surface area (Å²) in [7, 11) is -3.20. The van der Waals surface area contributed by atoms with Crippen molar-refractivity contribution in [3.05, 3.63) is 36.5 Å². The number of hydrogen-bond acceptors (Lipinski definition) is 7. The molecule has 0 aliphatic heterocycles. The molecule has 0 amide bonds. The topological polar surface area (TPSA) is 108 Å². The van der Waals surface area contributed by atoms with Gasteiger partial charge in [0.2, 0.25) is 0 Å². The van der Waals surface area contributed by atoms with Gasteiger partial charge in [-0.05, 0) is 44.9 Å². The number of rotatable bonds is 31. The van der Waals surface area contributed by atoms with Gasteiger partial charge in [0.15, 0.2) is 6.10 Å². The van der Waals surface area contributed by atoms with Crippen LogP contribution >= 0.6 is 7.82 Å². The van der Waals surface area contributed by atoms with Crippen molar-refractivity contribution < 1.29 is 37.6 Å². The summed E-state index contributed by atoms with van der Waals surface area (Å²) in [6.45, 7) is 3.72. The maximum atomic E-state index is 12.4. The van der Waals surface area contributed by atoms with Crippen molar-refractivity contribution in [2.45, 2.75) is 155 Å². The SMILES string of the molecule is CC/C=C\C/C=C\C/C=C\CCCCCCCC(=O)OC(COC(=O)CCCCCCCCCCCC)COP(=O)(O)OC. The van der Waals surface area contributed by atoms with E-state index in [4.69, 9.17) is 14.0 Å². The highest BCUT2D eigenvalue weighted by molar-refractivity contribution is 7.47. The van der Waals surface area contributed by atoms with Gasteiger partial charge in [0.25, 0.3) is 0 Å². The van der Waals surface area contributed by atoms with E-state index in [1.807, 2.05) is 0 Å². The summed E-state index contributed by atoms with van der Waals surface area (Å²) in [6, 6.07) is 0. The number of allylic oxidation sites excluding steroid dienone is 6. The molecule has 0 heterocycles. The summed E-state index contributed by atoms with van der Waals surface area (Å²) in [5, 5.41) is 0. The minimum atomic E-state index is -4.25. The summed E-state index contributed by atoms with van der Waals surface area (Å²) in [5.74, 6) is -0.827. The molecule has 2 atom stereocenters. The Kier molecular flexibility index (Phi) is 30.0. The molecular weight excluding hydrogens is 579 g/mol. The number of carbonyl (C=O) groups is 2. The quantitative estimate of drug-likeness (QED) is 0.0344. The molecule has 44 heavy (non-hydrogen) atoms. The van der Waals surface area contributed by atoms with Gasteiger partial charge in [-0.2, -0.15) is 0 Å². The Morgan fingerprint density at radius 2 is 1.16 bits per heavy atom. The van der Waals surface area contributed by atoms with Crippen molar-refractivity contribution >= 4 is 19.8 Å². The molecule has 0 aliphatic carbocycles. The Morgan fingerprint density at radius 3 is 1.73 bits per heavy atom. The molecule has 0 radical (unpaired) electrons. The Morgan fingerprint density at radius 1 is 0.659 bits per heavy atom. The van der Waals surface area contributed by atoms with Crippen LogP contribution < -0.4 is 0 Å². The third-order valence-electron chi connectivity index (χ3n) is 7.15. The van der Waals surface area contributed by atoms with Crippen LogP contribution in [0.25, 0.3) is 0 Å². The minimum absolute atomic E-state index is 0.226. The maximum absolute atomic E-state index is 12.4.